The van der Waals surface area contributed by atoms with E-state index in [0.717, 1.165) is 11.3 Å². The number of hydrogen-bond acceptors (Lipinski definition) is 3. The first kappa shape index (κ1) is 15.8. The molecule has 0 spiro atoms. The molecule has 3 rings (SSSR count). The van der Waals surface area contributed by atoms with Gasteiger partial charge in [0, 0.05) is 16.8 Å². The predicted octanol–water partition coefficient (Wildman–Crippen LogP) is 3.21. The summed E-state index contributed by atoms with van der Waals surface area (Å²) in [5.41, 5.74) is 2.51. The Morgan fingerprint density at radius 1 is 1.04 bits per heavy atom. The van der Waals surface area contributed by atoms with Gasteiger partial charge in [-0.1, -0.05) is 42.5 Å². The number of urea groups is 1. The Morgan fingerprint density at radius 3 is 2.33 bits per heavy atom. The molecule has 5 nitrogen and oxygen atoms in total. The van der Waals surface area contributed by atoms with E-state index < -0.39 is 6.04 Å². The van der Waals surface area contributed by atoms with E-state index in [1.807, 2.05) is 42.5 Å². The number of methoxy groups -OCH3 is 1. The van der Waals surface area contributed by atoms with E-state index in [0.29, 0.717) is 16.8 Å². The van der Waals surface area contributed by atoms with Gasteiger partial charge in [-0.05, 0) is 24.6 Å². The molecule has 0 unspecified atom stereocenters. The minimum absolute atomic E-state index is 0.110. The Hall–Kier alpha value is -3.08. The Labute approximate surface area is 140 Å². The second-order valence-electron chi connectivity index (χ2n) is 5.54. The summed E-state index contributed by atoms with van der Waals surface area (Å²) in [6, 6.07) is 15.5. The second-order valence-corrected chi connectivity index (χ2v) is 5.54. The number of hydrogen-bond donors (Lipinski definition) is 2. The molecule has 5 heteroatoms. The monoisotopic (exact) mass is 322 g/mol. The Bertz CT molecular complexity index is 795. The van der Waals surface area contributed by atoms with Crippen molar-refractivity contribution in [2.45, 2.75) is 13.0 Å². The smallest absolute Gasteiger partial charge is 0.319 e. The fraction of sp³-hybridized carbons (Fsp3) is 0.158. The number of Topliss-reactive ketones (excluding diaryl/α,β-unsaturated/α-hetero) is 1. The molecule has 1 aliphatic heterocycles. The number of benzene rings is 2. The summed E-state index contributed by atoms with van der Waals surface area (Å²) < 4.78 is 5.16. The number of ketones is 1. The number of allylic oxidation sites excluding steroid dienone is 1. The topological polar surface area (TPSA) is 67.4 Å². The van der Waals surface area contributed by atoms with Gasteiger partial charge >= 0.3 is 6.03 Å². The van der Waals surface area contributed by atoms with E-state index in [-0.39, 0.29) is 11.8 Å². The lowest BCUT2D eigenvalue weighted by Gasteiger charge is -2.28. The molecule has 0 bridgehead atoms. The molecule has 0 saturated heterocycles. The third kappa shape index (κ3) is 3.01. The molecule has 2 aromatic rings. The van der Waals surface area contributed by atoms with Crippen LogP contribution in [0.25, 0.3) is 0 Å². The van der Waals surface area contributed by atoms with Crippen LogP contribution in [-0.4, -0.2) is 18.9 Å². The quantitative estimate of drug-likeness (QED) is 0.849. The molecule has 1 atom stereocenters. The van der Waals surface area contributed by atoms with Crippen LogP contribution in [0.4, 0.5) is 4.79 Å². The van der Waals surface area contributed by atoms with Crippen LogP contribution in [0.3, 0.4) is 0 Å². The highest BCUT2D eigenvalue weighted by atomic mass is 16.5. The van der Waals surface area contributed by atoms with E-state index >= 15 is 0 Å². The van der Waals surface area contributed by atoms with Gasteiger partial charge in [0.05, 0.1) is 13.2 Å². The van der Waals surface area contributed by atoms with Crippen molar-refractivity contribution in [3.63, 3.8) is 0 Å². The summed E-state index contributed by atoms with van der Waals surface area (Å²) in [5.74, 6) is 0.608. The van der Waals surface area contributed by atoms with E-state index in [1.54, 1.807) is 26.2 Å². The first-order valence-corrected chi connectivity index (χ1v) is 7.62. The van der Waals surface area contributed by atoms with Crippen LogP contribution in [0, 0.1) is 0 Å². The van der Waals surface area contributed by atoms with Crippen LogP contribution in [0.5, 0.6) is 5.75 Å². The predicted molar refractivity (Wildman–Crippen MR) is 90.9 cm³/mol. The van der Waals surface area contributed by atoms with Gasteiger partial charge in [-0.3, -0.25) is 4.79 Å². The van der Waals surface area contributed by atoms with Crippen molar-refractivity contribution in [1.82, 2.24) is 10.6 Å². The summed E-state index contributed by atoms with van der Waals surface area (Å²) in [5, 5.41) is 5.52. The molecule has 24 heavy (non-hydrogen) atoms. The van der Waals surface area contributed by atoms with E-state index in [2.05, 4.69) is 10.6 Å². The van der Waals surface area contributed by atoms with Gasteiger partial charge in [0.1, 0.15) is 5.75 Å². The molecular formula is C19H18N2O3. The molecule has 2 N–H and O–H groups in total. The summed E-state index contributed by atoms with van der Waals surface area (Å²) >= 11 is 0. The number of ether oxygens (including phenoxy) is 1. The molecule has 122 valence electrons. The minimum Gasteiger partial charge on any atom is -0.497 e. The van der Waals surface area contributed by atoms with E-state index in [9.17, 15) is 9.59 Å². The maximum atomic E-state index is 12.9. The fourth-order valence-corrected chi connectivity index (χ4v) is 2.79. The van der Waals surface area contributed by atoms with Crippen molar-refractivity contribution in [2.24, 2.45) is 0 Å². The Morgan fingerprint density at radius 2 is 1.71 bits per heavy atom. The Kier molecular flexibility index (Phi) is 4.33. The van der Waals surface area contributed by atoms with Gasteiger partial charge in [-0.25, -0.2) is 4.79 Å². The molecule has 2 amide bonds. The van der Waals surface area contributed by atoms with Crippen LogP contribution in [0.2, 0.25) is 0 Å². The minimum atomic E-state index is -0.502. The highest BCUT2D eigenvalue weighted by molar-refractivity contribution is 6.11. The molecular weight excluding hydrogens is 304 g/mol. The van der Waals surface area contributed by atoms with Crippen molar-refractivity contribution in [3.05, 3.63) is 77.0 Å². The van der Waals surface area contributed by atoms with E-state index in [1.165, 1.54) is 0 Å². The van der Waals surface area contributed by atoms with Gasteiger partial charge in [-0.15, -0.1) is 0 Å². The molecule has 0 aromatic heterocycles. The van der Waals surface area contributed by atoms with Crippen molar-refractivity contribution in [3.8, 4) is 5.75 Å². The van der Waals surface area contributed by atoms with Crippen molar-refractivity contribution in [2.75, 3.05) is 7.11 Å². The van der Waals surface area contributed by atoms with Crippen LogP contribution in [-0.2, 0) is 0 Å². The molecule has 1 heterocycles. The summed E-state index contributed by atoms with van der Waals surface area (Å²) in [4.78, 5) is 24.8. The SMILES string of the molecule is COc1ccc([C@H]2NC(=O)NC(C)=C2C(=O)c2ccccc2)cc1. The summed E-state index contributed by atoms with van der Waals surface area (Å²) in [6.07, 6.45) is 0. The molecule has 0 fully saturated rings. The van der Waals surface area contributed by atoms with Gasteiger partial charge in [0.15, 0.2) is 5.78 Å². The zero-order valence-electron chi connectivity index (χ0n) is 13.5. The Balaban J connectivity index is 2.03. The lowest BCUT2D eigenvalue weighted by atomic mass is 9.89. The van der Waals surface area contributed by atoms with Crippen molar-refractivity contribution in [1.29, 1.82) is 0 Å². The van der Waals surface area contributed by atoms with Gasteiger partial charge in [-0.2, -0.15) is 0 Å². The molecule has 2 aromatic carbocycles. The first-order valence-electron chi connectivity index (χ1n) is 7.62. The van der Waals surface area contributed by atoms with Gasteiger partial charge in [0.25, 0.3) is 0 Å². The zero-order chi connectivity index (χ0) is 17.1. The molecule has 0 saturated carbocycles. The largest absolute Gasteiger partial charge is 0.497 e. The van der Waals surface area contributed by atoms with Crippen LogP contribution in [0.15, 0.2) is 65.9 Å². The number of nitrogens with one attached hydrogen (secondary N) is 2. The molecule has 1 aliphatic rings. The fourth-order valence-electron chi connectivity index (χ4n) is 2.79. The molecule has 0 radical (unpaired) electrons. The highest BCUT2D eigenvalue weighted by Crippen LogP contribution is 2.30. The maximum Gasteiger partial charge on any atom is 0.319 e. The number of amides is 2. The van der Waals surface area contributed by atoms with Crippen molar-refractivity contribution < 1.29 is 14.3 Å². The number of rotatable bonds is 4. The summed E-state index contributed by atoms with van der Waals surface area (Å²) in [7, 11) is 1.59. The zero-order valence-corrected chi connectivity index (χ0v) is 13.5. The number of carbonyl (C=O) groups is 2. The average Bonchev–Trinajstić information content (AvgIpc) is 2.61. The normalized spacial score (nSPS) is 17.1. The van der Waals surface area contributed by atoms with Crippen LogP contribution >= 0.6 is 0 Å². The first-order chi connectivity index (χ1) is 11.6. The average molecular weight is 322 g/mol. The van der Waals surface area contributed by atoms with E-state index in [4.69, 9.17) is 4.74 Å². The standard InChI is InChI=1S/C19H18N2O3/c1-12-16(18(22)14-6-4-3-5-7-14)17(21-19(23)20-12)13-8-10-15(24-2)11-9-13/h3-11,17H,1-2H3,(H2,20,21,23)/t17-/m1/s1. The third-order valence-corrected chi connectivity index (χ3v) is 4.00. The van der Waals surface area contributed by atoms with Crippen LogP contribution in [0.1, 0.15) is 28.9 Å². The van der Waals surface area contributed by atoms with Gasteiger partial charge < -0.3 is 15.4 Å². The summed E-state index contributed by atoms with van der Waals surface area (Å²) in [6.45, 7) is 1.74. The lowest BCUT2D eigenvalue weighted by Crippen LogP contribution is -2.45. The number of carbonyl (C=O) groups excluding carboxylic acids is 2. The van der Waals surface area contributed by atoms with Crippen LogP contribution < -0.4 is 15.4 Å². The third-order valence-electron chi connectivity index (χ3n) is 4.00. The van der Waals surface area contributed by atoms with Crippen molar-refractivity contribution >= 4 is 11.8 Å². The second kappa shape index (κ2) is 6.58. The lowest BCUT2D eigenvalue weighted by molar-refractivity contribution is 0.102. The molecule has 0 aliphatic carbocycles. The highest BCUT2D eigenvalue weighted by Gasteiger charge is 2.31. The maximum absolute atomic E-state index is 12.9. The van der Waals surface area contributed by atoms with Gasteiger partial charge in [0.2, 0.25) is 0 Å².